The van der Waals surface area contributed by atoms with Crippen LogP contribution in [0, 0.1) is 0 Å². The van der Waals surface area contributed by atoms with Crippen LogP contribution in [-0.4, -0.2) is 22.3 Å². The van der Waals surface area contributed by atoms with E-state index in [1.54, 1.807) is 34.8 Å². The second kappa shape index (κ2) is 9.11. The first-order chi connectivity index (χ1) is 16.6. The highest BCUT2D eigenvalue weighted by Crippen LogP contribution is 2.46. The summed E-state index contributed by atoms with van der Waals surface area (Å²) in [6.07, 6.45) is 0.923. The van der Waals surface area contributed by atoms with Crippen molar-refractivity contribution in [2.45, 2.75) is 19.5 Å². The van der Waals surface area contributed by atoms with Gasteiger partial charge < -0.3 is 9.73 Å². The molecule has 0 atom stereocenters. The molecule has 0 radical (unpaired) electrons. The lowest BCUT2D eigenvalue weighted by Gasteiger charge is -2.27. The molecule has 1 N–H and O–H groups in total. The number of thiophene rings is 1. The van der Waals surface area contributed by atoms with Crippen LogP contribution >= 0.6 is 38.6 Å². The van der Waals surface area contributed by atoms with Crippen LogP contribution in [0.25, 0.3) is 20.8 Å². The summed E-state index contributed by atoms with van der Waals surface area (Å²) in [7, 11) is 0. The van der Waals surface area contributed by atoms with E-state index in [1.807, 2.05) is 24.3 Å². The first kappa shape index (κ1) is 21.7. The number of hydrogen-bond acceptors (Lipinski definition) is 6. The molecule has 6 rings (SSSR count). The van der Waals surface area contributed by atoms with Crippen molar-refractivity contribution < 1.29 is 9.21 Å². The first-order valence-corrected chi connectivity index (χ1v) is 13.4. The molecular weight excluding hydrogens is 530 g/mol. The fourth-order valence-corrected chi connectivity index (χ4v) is 7.03. The molecule has 5 aromatic rings. The molecule has 3 aromatic heterocycles. The highest BCUT2D eigenvalue weighted by atomic mass is 79.9. The van der Waals surface area contributed by atoms with Crippen molar-refractivity contribution >= 4 is 59.7 Å². The van der Waals surface area contributed by atoms with Crippen molar-refractivity contribution in [2.75, 3.05) is 11.9 Å². The van der Waals surface area contributed by atoms with E-state index in [4.69, 9.17) is 9.40 Å². The number of anilines is 1. The third-order valence-corrected chi connectivity index (χ3v) is 8.53. The zero-order valence-corrected chi connectivity index (χ0v) is 21.3. The van der Waals surface area contributed by atoms with Crippen LogP contribution < -0.4 is 5.32 Å². The maximum absolute atomic E-state index is 13.0. The minimum absolute atomic E-state index is 0.257. The maximum atomic E-state index is 13.0. The summed E-state index contributed by atoms with van der Waals surface area (Å²) < 4.78 is 7.16. The van der Waals surface area contributed by atoms with Gasteiger partial charge in [-0.2, -0.15) is 0 Å². The van der Waals surface area contributed by atoms with Crippen LogP contribution in [0.3, 0.4) is 0 Å². The van der Waals surface area contributed by atoms with Crippen LogP contribution in [0.5, 0.6) is 0 Å². The molecule has 0 bridgehead atoms. The van der Waals surface area contributed by atoms with Crippen molar-refractivity contribution in [2.24, 2.45) is 0 Å². The number of nitrogens with one attached hydrogen (secondary N) is 1. The van der Waals surface area contributed by atoms with Crippen molar-refractivity contribution in [1.29, 1.82) is 0 Å². The Morgan fingerprint density at radius 1 is 1.06 bits per heavy atom. The van der Waals surface area contributed by atoms with Crippen LogP contribution in [0.2, 0.25) is 0 Å². The molecule has 1 aliphatic rings. The zero-order chi connectivity index (χ0) is 23.1. The molecule has 0 saturated carbocycles. The SMILES string of the molecule is O=C(Nc1sc2c(c1-c1nc3ccccc3s1)CCN(Cc1ccccc1)C2)c1ccc(Br)o1. The molecule has 0 aliphatic carbocycles. The molecular formula is C26H20BrN3O2S2. The Balaban J connectivity index is 1.37. The second-order valence-corrected chi connectivity index (χ2v) is 11.1. The second-order valence-electron chi connectivity index (χ2n) is 8.20. The van der Waals surface area contributed by atoms with Gasteiger partial charge in [-0.25, -0.2) is 4.98 Å². The molecule has 0 unspecified atom stereocenters. The quantitative estimate of drug-likeness (QED) is 0.252. The van der Waals surface area contributed by atoms with Crippen molar-refractivity contribution in [3.8, 4) is 10.6 Å². The Morgan fingerprint density at radius 3 is 2.68 bits per heavy atom. The van der Waals surface area contributed by atoms with Gasteiger partial charge in [0.05, 0.1) is 10.2 Å². The number of aromatic nitrogens is 1. The highest BCUT2D eigenvalue weighted by Gasteiger charge is 2.28. The van der Waals surface area contributed by atoms with Gasteiger partial charge in [0.2, 0.25) is 0 Å². The number of furan rings is 1. The lowest BCUT2D eigenvalue weighted by molar-refractivity contribution is 0.0996. The predicted octanol–water partition coefficient (Wildman–Crippen LogP) is 7.19. The minimum atomic E-state index is -0.257. The number of carbonyl (C=O) groups excluding carboxylic acids is 1. The molecule has 5 nitrogen and oxygen atoms in total. The summed E-state index contributed by atoms with van der Waals surface area (Å²) in [5, 5.41) is 4.90. The van der Waals surface area contributed by atoms with Gasteiger partial charge in [0.25, 0.3) is 5.91 Å². The van der Waals surface area contributed by atoms with E-state index in [2.05, 4.69) is 56.5 Å². The lowest BCUT2D eigenvalue weighted by atomic mass is 10.0. The van der Waals surface area contributed by atoms with Crippen LogP contribution in [-0.2, 0) is 19.5 Å². The molecule has 4 heterocycles. The van der Waals surface area contributed by atoms with Gasteiger partial charge in [-0.15, -0.1) is 22.7 Å². The standard InChI is InChI=1S/C26H20BrN3O2S2/c27-22-11-10-19(32-22)24(31)29-26-23(25-28-18-8-4-5-9-20(18)33-25)17-12-13-30(15-21(17)34-26)14-16-6-2-1-3-7-16/h1-11H,12-15H2,(H,29,31). The fraction of sp³-hybridized carbons (Fsp3) is 0.154. The van der Waals surface area contributed by atoms with Crippen LogP contribution in [0.15, 0.2) is 75.8 Å². The van der Waals surface area contributed by atoms with E-state index >= 15 is 0 Å². The van der Waals surface area contributed by atoms with Crippen LogP contribution in [0.4, 0.5) is 5.00 Å². The van der Waals surface area contributed by atoms with E-state index in [0.29, 0.717) is 4.67 Å². The number of benzene rings is 2. The lowest BCUT2D eigenvalue weighted by Crippen LogP contribution is -2.29. The molecule has 0 spiro atoms. The van der Waals surface area contributed by atoms with Crippen molar-refractivity contribution in [3.05, 3.63) is 93.2 Å². The molecule has 0 saturated heterocycles. The monoisotopic (exact) mass is 549 g/mol. The maximum Gasteiger partial charge on any atom is 0.292 e. The molecule has 0 fully saturated rings. The average Bonchev–Trinajstić information content (AvgIpc) is 3.55. The normalized spacial score (nSPS) is 13.8. The molecule has 1 amide bonds. The number of rotatable bonds is 5. The third-order valence-electron chi connectivity index (χ3n) is 5.92. The summed E-state index contributed by atoms with van der Waals surface area (Å²) in [5.74, 6) is 0.0204. The van der Waals surface area contributed by atoms with Crippen molar-refractivity contribution in [1.82, 2.24) is 9.88 Å². The third kappa shape index (κ3) is 4.22. The van der Waals surface area contributed by atoms with Gasteiger partial charge in [0, 0.05) is 30.1 Å². The van der Waals surface area contributed by atoms with E-state index in [1.165, 1.54) is 16.0 Å². The largest absolute Gasteiger partial charge is 0.444 e. The van der Waals surface area contributed by atoms with Gasteiger partial charge in [0.15, 0.2) is 10.4 Å². The number of hydrogen-bond donors (Lipinski definition) is 1. The highest BCUT2D eigenvalue weighted by molar-refractivity contribution is 9.10. The van der Waals surface area contributed by atoms with E-state index in [9.17, 15) is 4.79 Å². The summed E-state index contributed by atoms with van der Waals surface area (Å²) in [6.45, 7) is 2.74. The van der Waals surface area contributed by atoms with Crippen molar-refractivity contribution in [3.63, 3.8) is 0 Å². The zero-order valence-electron chi connectivity index (χ0n) is 18.1. The molecule has 8 heteroatoms. The number of fused-ring (bicyclic) bond motifs is 2. The Labute approximate surface area is 213 Å². The van der Waals surface area contributed by atoms with E-state index in [0.717, 1.165) is 51.8 Å². The number of carbonyl (C=O) groups is 1. The number of nitrogens with zero attached hydrogens (tertiary/aromatic N) is 2. The van der Waals surface area contributed by atoms with Gasteiger partial charge in [-0.05, 0) is 57.7 Å². The summed E-state index contributed by atoms with van der Waals surface area (Å²) in [6, 6.07) is 22.1. The number of thiazole rings is 1. The van der Waals surface area contributed by atoms with E-state index in [-0.39, 0.29) is 11.7 Å². The predicted molar refractivity (Wildman–Crippen MR) is 142 cm³/mol. The Bertz CT molecular complexity index is 1460. The Morgan fingerprint density at radius 2 is 1.88 bits per heavy atom. The number of halogens is 1. The Hall–Kier alpha value is -2.78. The Kier molecular flexibility index (Phi) is 5.82. The minimum Gasteiger partial charge on any atom is -0.444 e. The topological polar surface area (TPSA) is 58.4 Å². The molecule has 1 aliphatic heterocycles. The molecule has 34 heavy (non-hydrogen) atoms. The number of para-hydroxylation sites is 1. The van der Waals surface area contributed by atoms with E-state index < -0.39 is 0 Å². The smallest absolute Gasteiger partial charge is 0.292 e. The van der Waals surface area contributed by atoms with Gasteiger partial charge in [0.1, 0.15) is 10.0 Å². The van der Waals surface area contributed by atoms with Gasteiger partial charge in [-0.3, -0.25) is 9.69 Å². The average molecular weight is 551 g/mol. The fourth-order valence-electron chi connectivity index (χ4n) is 4.33. The molecule has 2 aromatic carbocycles. The van der Waals surface area contributed by atoms with Gasteiger partial charge >= 0.3 is 0 Å². The summed E-state index contributed by atoms with van der Waals surface area (Å²) >= 11 is 6.60. The van der Waals surface area contributed by atoms with Crippen LogP contribution in [0.1, 0.15) is 26.6 Å². The first-order valence-electron chi connectivity index (χ1n) is 11.0. The summed E-state index contributed by atoms with van der Waals surface area (Å²) in [5.41, 5.74) is 4.64. The number of amides is 1. The van der Waals surface area contributed by atoms with Gasteiger partial charge in [-0.1, -0.05) is 42.5 Å². The summed E-state index contributed by atoms with van der Waals surface area (Å²) in [4.78, 5) is 21.6. The molecule has 170 valence electrons.